The lowest BCUT2D eigenvalue weighted by atomic mass is 10.0. The minimum atomic E-state index is -0.0841. The van der Waals surface area contributed by atoms with E-state index in [1.165, 1.54) is 11.3 Å². The number of hydrogen-bond acceptors (Lipinski definition) is 5. The minimum Gasteiger partial charge on any atom is -0.507 e. The largest absolute Gasteiger partial charge is 0.507 e. The highest BCUT2D eigenvalue weighted by atomic mass is 35.5. The quantitative estimate of drug-likeness (QED) is 0.614. The Labute approximate surface area is 167 Å². The minimum absolute atomic E-state index is 0. The maximum Gasteiger partial charge on any atom is 0.266 e. The van der Waals surface area contributed by atoms with Gasteiger partial charge in [-0.1, -0.05) is 12.2 Å². The number of halogens is 2. The van der Waals surface area contributed by atoms with Crippen LogP contribution in [0.25, 0.3) is 27.1 Å². The fraction of sp³-hybridized carbons (Fsp3) is 0.278. The Hall–Kier alpha value is -1.57. The van der Waals surface area contributed by atoms with Gasteiger partial charge in [-0.3, -0.25) is 9.69 Å². The molecule has 1 saturated heterocycles. The van der Waals surface area contributed by atoms with Crippen LogP contribution in [-0.2, 0) is 0 Å². The van der Waals surface area contributed by atoms with Crippen molar-refractivity contribution < 1.29 is 5.11 Å². The molecule has 1 aromatic carbocycles. The summed E-state index contributed by atoms with van der Waals surface area (Å²) in [5.41, 5.74) is 7.34. The van der Waals surface area contributed by atoms with Gasteiger partial charge in [0.15, 0.2) is 0 Å². The van der Waals surface area contributed by atoms with Crippen molar-refractivity contribution in [2.45, 2.75) is 12.5 Å². The van der Waals surface area contributed by atoms with Crippen LogP contribution in [0.5, 0.6) is 5.75 Å². The molecule has 1 aliphatic heterocycles. The van der Waals surface area contributed by atoms with Gasteiger partial charge in [0.1, 0.15) is 10.4 Å². The zero-order valence-electron chi connectivity index (χ0n) is 14.0. The Kier molecular flexibility index (Phi) is 6.71. The number of rotatable bonds is 3. The zero-order chi connectivity index (χ0) is 16.7. The molecule has 1 aliphatic rings. The highest BCUT2D eigenvalue weighted by molar-refractivity contribution is 7.17. The molecule has 3 heterocycles. The van der Waals surface area contributed by atoms with E-state index in [2.05, 4.69) is 16.0 Å². The number of aromatic nitrogens is 1. The molecule has 4 N–H and O–H groups in total. The Morgan fingerprint density at radius 3 is 2.88 bits per heavy atom. The van der Waals surface area contributed by atoms with Crippen molar-refractivity contribution in [1.29, 1.82) is 0 Å². The van der Waals surface area contributed by atoms with Gasteiger partial charge in [-0.2, -0.15) is 0 Å². The Morgan fingerprint density at radius 1 is 1.35 bits per heavy atom. The maximum atomic E-state index is 12.1. The second-order valence-corrected chi connectivity index (χ2v) is 7.17. The first-order valence-corrected chi connectivity index (χ1v) is 8.91. The molecule has 0 radical (unpaired) electrons. The second-order valence-electron chi connectivity index (χ2n) is 6.25. The van der Waals surface area contributed by atoms with Crippen molar-refractivity contribution in [2.75, 3.05) is 19.6 Å². The van der Waals surface area contributed by atoms with Crippen LogP contribution in [-0.4, -0.2) is 40.7 Å². The van der Waals surface area contributed by atoms with Gasteiger partial charge >= 0.3 is 0 Å². The predicted molar refractivity (Wildman–Crippen MR) is 114 cm³/mol. The molecule has 0 spiro atoms. The van der Waals surface area contributed by atoms with E-state index in [9.17, 15) is 9.90 Å². The smallest absolute Gasteiger partial charge is 0.266 e. The third-order valence-corrected chi connectivity index (χ3v) is 5.48. The number of nitrogens with zero attached hydrogens (tertiary/aromatic N) is 1. The van der Waals surface area contributed by atoms with E-state index >= 15 is 0 Å². The van der Waals surface area contributed by atoms with Gasteiger partial charge in [-0.25, -0.2) is 0 Å². The number of fused-ring (bicyclic) bond motifs is 3. The second kappa shape index (κ2) is 8.41. The molecule has 8 heteroatoms. The fourth-order valence-electron chi connectivity index (χ4n) is 3.38. The van der Waals surface area contributed by atoms with Crippen molar-refractivity contribution in [3.8, 4) is 5.75 Å². The van der Waals surface area contributed by atoms with Gasteiger partial charge in [0.25, 0.3) is 5.56 Å². The molecule has 0 bridgehead atoms. The molecule has 140 valence electrons. The van der Waals surface area contributed by atoms with E-state index in [4.69, 9.17) is 5.73 Å². The first kappa shape index (κ1) is 20.7. The summed E-state index contributed by atoms with van der Waals surface area (Å²) in [7, 11) is 0. The predicted octanol–water partition coefficient (Wildman–Crippen LogP) is 3.34. The Balaban J connectivity index is 0.00000121. The third-order valence-electron chi connectivity index (χ3n) is 4.57. The molecule has 1 atom stereocenters. The number of phenolic OH excluding ortho intramolecular Hbond substituents is 1. The van der Waals surface area contributed by atoms with Crippen LogP contribution in [0.4, 0.5) is 0 Å². The van der Waals surface area contributed by atoms with E-state index in [0.717, 1.165) is 47.9 Å². The van der Waals surface area contributed by atoms with Crippen LogP contribution in [0.15, 0.2) is 34.4 Å². The Bertz CT molecular complexity index is 999. The Morgan fingerprint density at radius 2 is 2.15 bits per heavy atom. The molecule has 26 heavy (non-hydrogen) atoms. The van der Waals surface area contributed by atoms with Crippen molar-refractivity contribution in [3.05, 3.63) is 45.6 Å². The molecular formula is C18H21Cl2N3O2S. The van der Waals surface area contributed by atoms with Gasteiger partial charge in [0, 0.05) is 47.5 Å². The van der Waals surface area contributed by atoms with E-state index in [1.807, 2.05) is 17.5 Å². The fourth-order valence-corrected chi connectivity index (χ4v) is 4.18. The highest BCUT2D eigenvalue weighted by Crippen LogP contribution is 2.33. The summed E-state index contributed by atoms with van der Waals surface area (Å²) >= 11 is 1.42. The maximum absolute atomic E-state index is 12.1. The lowest BCUT2D eigenvalue weighted by Crippen LogP contribution is -2.26. The van der Waals surface area contributed by atoms with Gasteiger partial charge in [-0.15, -0.1) is 36.2 Å². The number of likely N-dealkylation sites (tertiary alicyclic amines) is 1. The highest BCUT2D eigenvalue weighted by Gasteiger charge is 2.17. The number of H-pyrrole nitrogens is 1. The van der Waals surface area contributed by atoms with Crippen LogP contribution in [0.1, 0.15) is 12.0 Å². The summed E-state index contributed by atoms with van der Waals surface area (Å²) in [6.45, 7) is 2.72. The number of thiophene rings is 1. The molecular weight excluding hydrogens is 393 g/mol. The molecule has 5 nitrogen and oxygen atoms in total. The summed E-state index contributed by atoms with van der Waals surface area (Å²) in [6, 6.07) is 5.58. The van der Waals surface area contributed by atoms with E-state index < -0.39 is 0 Å². The summed E-state index contributed by atoms with van der Waals surface area (Å²) in [5.74, 6) is 0.219. The molecule has 3 aromatic rings. The van der Waals surface area contributed by atoms with Gasteiger partial charge in [-0.05, 0) is 30.0 Å². The van der Waals surface area contributed by atoms with Crippen LogP contribution >= 0.6 is 36.2 Å². The molecule has 0 aliphatic carbocycles. The van der Waals surface area contributed by atoms with E-state index in [1.54, 1.807) is 12.1 Å². The SMILES string of the molecule is Cl.Cl.NC1CCN(CC=Cc2c(O)ccc3[nH]c(=O)c4sccc4c23)C1. The van der Waals surface area contributed by atoms with E-state index in [0.29, 0.717) is 4.70 Å². The molecule has 0 amide bonds. The molecule has 2 aromatic heterocycles. The molecule has 1 fully saturated rings. The normalized spacial score (nSPS) is 17.7. The van der Waals surface area contributed by atoms with Crippen LogP contribution in [0, 0.1) is 0 Å². The first-order chi connectivity index (χ1) is 11.6. The summed E-state index contributed by atoms with van der Waals surface area (Å²) < 4.78 is 0.688. The van der Waals surface area contributed by atoms with E-state index in [-0.39, 0.29) is 42.2 Å². The van der Waals surface area contributed by atoms with Gasteiger partial charge in [0.2, 0.25) is 0 Å². The van der Waals surface area contributed by atoms with Crippen molar-refractivity contribution in [1.82, 2.24) is 9.88 Å². The van der Waals surface area contributed by atoms with Gasteiger partial charge in [0.05, 0.1) is 0 Å². The molecule has 0 saturated carbocycles. The number of nitrogens with two attached hydrogens (primary N) is 1. The molecule has 1 unspecified atom stereocenters. The first-order valence-electron chi connectivity index (χ1n) is 8.03. The van der Waals surface area contributed by atoms with Crippen LogP contribution < -0.4 is 11.3 Å². The average molecular weight is 414 g/mol. The lowest BCUT2D eigenvalue weighted by molar-refractivity contribution is 0.372. The number of nitrogens with one attached hydrogen (secondary N) is 1. The number of hydrogen-bond donors (Lipinski definition) is 3. The molecule has 4 rings (SSSR count). The van der Waals surface area contributed by atoms with Crippen LogP contribution in [0.3, 0.4) is 0 Å². The summed E-state index contributed by atoms with van der Waals surface area (Å²) in [4.78, 5) is 17.3. The summed E-state index contributed by atoms with van der Waals surface area (Å²) in [5, 5.41) is 14.0. The average Bonchev–Trinajstić information content (AvgIpc) is 3.19. The standard InChI is InChI=1S/C18H19N3O2S.2ClH/c19-11-5-8-21(10-11)7-1-2-12-15(22)4-3-14-16(12)13-6-9-24-17(13)18(23)20-14;;/h1-4,6,9,11,22H,5,7-8,10,19H2,(H,20,23);2*1H. The monoisotopic (exact) mass is 413 g/mol. The number of phenols is 1. The van der Waals surface area contributed by atoms with Crippen molar-refractivity contribution in [3.63, 3.8) is 0 Å². The lowest BCUT2D eigenvalue weighted by Gasteiger charge is -2.12. The topological polar surface area (TPSA) is 82.3 Å². The number of aromatic hydroxyl groups is 1. The number of aromatic amines is 1. The zero-order valence-corrected chi connectivity index (χ0v) is 16.4. The number of benzene rings is 1. The third kappa shape index (κ3) is 3.75. The number of pyridine rings is 1. The van der Waals surface area contributed by atoms with Crippen LogP contribution in [0.2, 0.25) is 0 Å². The van der Waals surface area contributed by atoms with Crippen molar-refractivity contribution in [2.24, 2.45) is 5.73 Å². The summed E-state index contributed by atoms with van der Waals surface area (Å²) in [6.07, 6.45) is 5.02. The van der Waals surface area contributed by atoms with Gasteiger partial charge < -0.3 is 15.8 Å². The van der Waals surface area contributed by atoms with Crippen molar-refractivity contribution >= 4 is 63.2 Å².